The molecule has 0 atom stereocenters. The molecule has 0 unspecified atom stereocenters. The quantitative estimate of drug-likeness (QED) is 0.553. The second-order valence-corrected chi connectivity index (χ2v) is 9.26. The molecule has 2 aliphatic rings. The van der Waals surface area contributed by atoms with Crippen molar-refractivity contribution in [2.75, 3.05) is 26.8 Å². The number of benzene rings is 1. The smallest absolute Gasteiger partial charge is 0.219 e. The second-order valence-electron chi connectivity index (χ2n) is 8.78. The third kappa shape index (κ3) is 4.07. The largest absolute Gasteiger partial charge is 0.393 e. The predicted molar refractivity (Wildman–Crippen MR) is 133 cm³/mol. The molecule has 2 aliphatic heterocycles. The molecule has 0 bridgehead atoms. The van der Waals surface area contributed by atoms with Gasteiger partial charge in [-0.15, -0.1) is 12.6 Å². The van der Waals surface area contributed by atoms with E-state index in [2.05, 4.69) is 27.5 Å². The van der Waals surface area contributed by atoms with Crippen molar-refractivity contribution in [2.45, 2.75) is 38.8 Å². The third-order valence-electron chi connectivity index (χ3n) is 6.70. The van der Waals surface area contributed by atoms with Gasteiger partial charge in [0.05, 0.1) is 23.6 Å². The van der Waals surface area contributed by atoms with Gasteiger partial charge in [-0.2, -0.15) is 0 Å². The van der Waals surface area contributed by atoms with Gasteiger partial charge in [0, 0.05) is 74.4 Å². The summed E-state index contributed by atoms with van der Waals surface area (Å²) in [4.78, 5) is 24.2. The molecule has 5 rings (SSSR count). The number of imidazole rings is 1. The van der Waals surface area contributed by atoms with E-state index in [4.69, 9.17) is 9.72 Å². The van der Waals surface area contributed by atoms with Gasteiger partial charge < -0.3 is 19.5 Å². The van der Waals surface area contributed by atoms with Crippen LogP contribution in [-0.2, 0) is 22.6 Å². The van der Waals surface area contributed by atoms with E-state index in [9.17, 15) is 4.79 Å². The molecule has 1 N–H and O–H groups in total. The third-order valence-corrected chi connectivity index (χ3v) is 7.06. The maximum atomic E-state index is 15.4. The zero-order valence-electron chi connectivity index (χ0n) is 19.3. The van der Waals surface area contributed by atoms with Gasteiger partial charge in [0.1, 0.15) is 11.6 Å². The number of carbonyl (C=O) groups is 1. The molecule has 3 aromatic rings. The molecule has 9 heteroatoms. The van der Waals surface area contributed by atoms with Gasteiger partial charge in [0.15, 0.2) is 0 Å². The lowest BCUT2D eigenvalue weighted by molar-refractivity contribution is -0.130. The topological polar surface area (TPSA) is 72.3 Å². The van der Waals surface area contributed by atoms with Crippen LogP contribution in [0.5, 0.6) is 0 Å². The highest BCUT2D eigenvalue weighted by atomic mass is 32.1. The summed E-state index contributed by atoms with van der Waals surface area (Å²) in [5.41, 5.74) is 2.60. The number of amides is 1. The van der Waals surface area contributed by atoms with Crippen LogP contribution in [0, 0.1) is 5.82 Å². The minimum atomic E-state index is -0.349. The van der Waals surface area contributed by atoms with Crippen molar-refractivity contribution < 1.29 is 13.9 Å². The minimum Gasteiger partial charge on any atom is -0.393 e. The molecule has 0 saturated carbocycles. The Morgan fingerprint density at radius 3 is 2.82 bits per heavy atom. The molecular formula is C25H28FN5O2S. The summed E-state index contributed by atoms with van der Waals surface area (Å²) in [6.07, 6.45) is 5.22. The van der Waals surface area contributed by atoms with E-state index < -0.39 is 0 Å². The molecular weight excluding hydrogens is 453 g/mol. The van der Waals surface area contributed by atoms with Gasteiger partial charge in [-0.25, -0.2) is 9.37 Å². The van der Waals surface area contributed by atoms with Crippen LogP contribution >= 0.6 is 12.6 Å². The number of fused-ring (bicyclic) bond motifs is 2. The standard InChI is InChI=1S/C25H28FN5O2S/c1-15(32)30-7-8-31-21(14-30)24(29-25(31)16-5-9-33-10-6-16)23-18-12-28-20(22(34)13-27-2)11-17(18)3-4-19(23)26/h3-4,11-13,16,27,34H,5-10,14H2,1-2H3/b22-13-. The van der Waals surface area contributed by atoms with E-state index in [1.54, 1.807) is 37.3 Å². The summed E-state index contributed by atoms with van der Waals surface area (Å²) in [5, 5.41) is 4.49. The van der Waals surface area contributed by atoms with Crippen LogP contribution in [0.15, 0.2) is 30.6 Å². The van der Waals surface area contributed by atoms with Gasteiger partial charge in [-0.1, -0.05) is 6.07 Å². The number of thiol groups is 1. The number of pyridine rings is 1. The maximum Gasteiger partial charge on any atom is 0.219 e. The molecule has 4 heterocycles. The van der Waals surface area contributed by atoms with Gasteiger partial charge in [-0.05, 0) is 30.4 Å². The maximum absolute atomic E-state index is 15.4. The number of ether oxygens (including phenoxy) is 1. The summed E-state index contributed by atoms with van der Waals surface area (Å²) in [7, 11) is 1.80. The number of hydrogen-bond acceptors (Lipinski definition) is 6. The number of carbonyl (C=O) groups excluding carboxylic acids is 1. The normalized spacial score (nSPS) is 17.2. The van der Waals surface area contributed by atoms with E-state index in [0.717, 1.165) is 29.7 Å². The van der Waals surface area contributed by atoms with Crippen LogP contribution in [0.1, 0.15) is 42.9 Å². The first kappa shape index (κ1) is 22.9. The molecule has 1 aromatic carbocycles. The van der Waals surface area contributed by atoms with Crippen LogP contribution in [0.25, 0.3) is 26.9 Å². The Balaban J connectivity index is 1.69. The fourth-order valence-electron chi connectivity index (χ4n) is 4.92. The Labute approximate surface area is 203 Å². The molecule has 1 saturated heterocycles. The molecule has 0 spiro atoms. The molecule has 7 nitrogen and oxygen atoms in total. The summed E-state index contributed by atoms with van der Waals surface area (Å²) < 4.78 is 23.2. The number of nitrogens with one attached hydrogen (secondary N) is 1. The van der Waals surface area contributed by atoms with E-state index >= 15 is 4.39 Å². The summed E-state index contributed by atoms with van der Waals surface area (Å²) in [5.74, 6) is 0.880. The second kappa shape index (κ2) is 9.38. The number of rotatable bonds is 4. The van der Waals surface area contributed by atoms with E-state index in [1.807, 2.05) is 6.07 Å². The molecule has 34 heavy (non-hydrogen) atoms. The Kier molecular flexibility index (Phi) is 6.31. The molecule has 1 amide bonds. The zero-order valence-corrected chi connectivity index (χ0v) is 20.2. The van der Waals surface area contributed by atoms with Crippen molar-refractivity contribution in [3.63, 3.8) is 0 Å². The van der Waals surface area contributed by atoms with Crippen LogP contribution < -0.4 is 5.32 Å². The van der Waals surface area contributed by atoms with E-state index in [1.165, 1.54) is 6.07 Å². The Hall–Kier alpha value is -2.91. The Morgan fingerprint density at radius 1 is 1.29 bits per heavy atom. The molecule has 1 fully saturated rings. The van der Waals surface area contributed by atoms with Crippen LogP contribution in [0.2, 0.25) is 0 Å². The fraction of sp³-hybridized carbons (Fsp3) is 0.400. The lowest BCUT2D eigenvalue weighted by Gasteiger charge is -2.30. The number of aromatic nitrogens is 3. The van der Waals surface area contributed by atoms with Crippen LogP contribution in [-0.4, -0.2) is 52.1 Å². The first-order chi connectivity index (χ1) is 16.5. The molecule has 178 valence electrons. The Bertz CT molecular complexity index is 1280. The molecule has 0 aliphatic carbocycles. The average Bonchev–Trinajstić information content (AvgIpc) is 3.23. The Morgan fingerprint density at radius 2 is 2.09 bits per heavy atom. The number of nitrogens with zero attached hydrogens (tertiary/aromatic N) is 4. The lowest BCUT2D eigenvalue weighted by Crippen LogP contribution is -2.37. The van der Waals surface area contributed by atoms with Crippen LogP contribution in [0.3, 0.4) is 0 Å². The number of halogens is 1. The van der Waals surface area contributed by atoms with Crippen molar-refractivity contribution in [1.29, 1.82) is 0 Å². The monoisotopic (exact) mass is 481 g/mol. The van der Waals surface area contributed by atoms with E-state index in [0.29, 0.717) is 60.1 Å². The van der Waals surface area contributed by atoms with Crippen LogP contribution in [0.4, 0.5) is 4.39 Å². The highest BCUT2D eigenvalue weighted by molar-refractivity contribution is 7.90. The van der Waals surface area contributed by atoms with Crippen molar-refractivity contribution in [2.24, 2.45) is 0 Å². The highest BCUT2D eigenvalue weighted by Gasteiger charge is 2.31. The zero-order chi connectivity index (χ0) is 23.8. The highest BCUT2D eigenvalue weighted by Crippen LogP contribution is 2.38. The lowest BCUT2D eigenvalue weighted by atomic mass is 9.99. The van der Waals surface area contributed by atoms with Crippen molar-refractivity contribution in [1.82, 2.24) is 24.8 Å². The molecule has 2 aromatic heterocycles. The first-order valence-corrected chi connectivity index (χ1v) is 12.0. The minimum absolute atomic E-state index is 0.00773. The summed E-state index contributed by atoms with van der Waals surface area (Å²) in [6, 6.07) is 5.13. The van der Waals surface area contributed by atoms with Gasteiger partial charge >= 0.3 is 0 Å². The number of hydrogen-bond donors (Lipinski definition) is 2. The fourth-order valence-corrected chi connectivity index (χ4v) is 5.17. The van der Waals surface area contributed by atoms with Crippen molar-refractivity contribution in [3.05, 3.63) is 53.6 Å². The van der Waals surface area contributed by atoms with Gasteiger partial charge in [0.2, 0.25) is 5.91 Å². The van der Waals surface area contributed by atoms with Gasteiger partial charge in [-0.3, -0.25) is 9.78 Å². The van der Waals surface area contributed by atoms with E-state index in [-0.39, 0.29) is 17.6 Å². The summed E-state index contributed by atoms with van der Waals surface area (Å²) >= 11 is 4.50. The average molecular weight is 482 g/mol. The van der Waals surface area contributed by atoms with Gasteiger partial charge in [0.25, 0.3) is 0 Å². The predicted octanol–water partition coefficient (Wildman–Crippen LogP) is 3.94. The van der Waals surface area contributed by atoms with Crippen molar-refractivity contribution in [3.8, 4) is 11.3 Å². The molecule has 0 radical (unpaired) electrons. The SMILES string of the molecule is CN/C=C(\S)c1cc2ccc(F)c(-c3nc(C4CCOCC4)n4c3CN(C(C)=O)CC4)c2cn1. The van der Waals surface area contributed by atoms with Crippen molar-refractivity contribution >= 4 is 34.2 Å². The first-order valence-electron chi connectivity index (χ1n) is 11.6. The summed E-state index contributed by atoms with van der Waals surface area (Å²) in [6.45, 7) is 4.66.